The lowest BCUT2D eigenvalue weighted by Crippen LogP contribution is -2.32. The number of halogens is 1. The first-order valence-corrected chi connectivity index (χ1v) is 8.27. The highest BCUT2D eigenvalue weighted by molar-refractivity contribution is 9.11. The Morgan fingerprint density at radius 1 is 1.39 bits per heavy atom. The lowest BCUT2D eigenvalue weighted by molar-refractivity contribution is 0.106. The Balaban J connectivity index is 2.44. The molecule has 104 valence electrons. The van der Waals surface area contributed by atoms with Gasteiger partial charge in [-0.15, -0.1) is 11.3 Å². The van der Waals surface area contributed by atoms with Crippen LogP contribution in [0.15, 0.2) is 15.9 Å². The number of nitrogens with one attached hydrogen (secondary N) is 1. The van der Waals surface area contributed by atoms with Crippen molar-refractivity contribution >= 4 is 27.3 Å². The van der Waals surface area contributed by atoms with Crippen LogP contribution >= 0.6 is 27.3 Å². The minimum Gasteiger partial charge on any atom is -0.382 e. The summed E-state index contributed by atoms with van der Waals surface area (Å²) in [6.45, 7) is 5.45. The Bertz CT molecular complexity index is 329. The van der Waals surface area contributed by atoms with E-state index in [2.05, 4.69) is 47.2 Å². The van der Waals surface area contributed by atoms with Gasteiger partial charge in [-0.1, -0.05) is 6.92 Å². The van der Waals surface area contributed by atoms with E-state index >= 15 is 0 Å². The molecule has 4 heteroatoms. The van der Waals surface area contributed by atoms with Crippen molar-refractivity contribution in [2.75, 3.05) is 13.7 Å². The van der Waals surface area contributed by atoms with Crippen LogP contribution in [0.5, 0.6) is 0 Å². The average molecular weight is 334 g/mol. The third-order valence-corrected chi connectivity index (χ3v) is 4.73. The van der Waals surface area contributed by atoms with Crippen molar-refractivity contribution < 1.29 is 4.74 Å². The van der Waals surface area contributed by atoms with Gasteiger partial charge in [0.15, 0.2) is 0 Å². The van der Waals surface area contributed by atoms with Crippen LogP contribution in [0.4, 0.5) is 0 Å². The molecule has 0 aliphatic rings. The molecule has 1 rings (SSSR count). The molecule has 0 radical (unpaired) electrons. The normalized spacial score (nSPS) is 14.7. The molecule has 1 aromatic rings. The van der Waals surface area contributed by atoms with Gasteiger partial charge in [-0.25, -0.2) is 0 Å². The molecule has 0 aliphatic heterocycles. The maximum atomic E-state index is 5.33. The fourth-order valence-corrected chi connectivity index (χ4v) is 3.45. The summed E-state index contributed by atoms with van der Waals surface area (Å²) in [7, 11) is 1.79. The van der Waals surface area contributed by atoms with Gasteiger partial charge in [-0.2, -0.15) is 0 Å². The summed E-state index contributed by atoms with van der Waals surface area (Å²) in [5, 5.41) is 3.64. The van der Waals surface area contributed by atoms with Gasteiger partial charge < -0.3 is 10.1 Å². The van der Waals surface area contributed by atoms with Crippen LogP contribution in [0.1, 0.15) is 38.0 Å². The molecule has 0 aliphatic carbocycles. The Hall–Kier alpha value is 0.1000. The second-order valence-corrected chi connectivity index (χ2v) is 7.23. The van der Waals surface area contributed by atoms with E-state index < -0.39 is 0 Å². The smallest absolute Gasteiger partial charge is 0.0701 e. The lowest BCUT2D eigenvalue weighted by atomic mass is 10.0. The summed E-state index contributed by atoms with van der Waals surface area (Å²) in [5.41, 5.74) is 0. The molecule has 0 fully saturated rings. The number of rotatable bonds is 9. The zero-order valence-electron chi connectivity index (χ0n) is 11.5. The molecule has 2 nitrogen and oxygen atoms in total. The van der Waals surface area contributed by atoms with Gasteiger partial charge in [-0.3, -0.25) is 0 Å². The molecule has 0 saturated carbocycles. The molecule has 0 saturated heterocycles. The Morgan fingerprint density at radius 3 is 2.72 bits per heavy atom. The Kier molecular flexibility index (Phi) is 8.15. The van der Waals surface area contributed by atoms with Crippen molar-refractivity contribution in [2.45, 2.75) is 51.7 Å². The van der Waals surface area contributed by atoms with Crippen molar-refractivity contribution in [1.82, 2.24) is 5.32 Å². The zero-order valence-corrected chi connectivity index (χ0v) is 13.9. The predicted octanol–water partition coefficient (Wildman–Crippen LogP) is 4.24. The third-order valence-electron chi connectivity index (χ3n) is 3.08. The van der Waals surface area contributed by atoms with Crippen molar-refractivity contribution in [3.05, 3.63) is 20.8 Å². The topological polar surface area (TPSA) is 21.3 Å². The molecule has 1 heterocycles. The summed E-state index contributed by atoms with van der Waals surface area (Å²) in [6, 6.07) is 4.91. The predicted molar refractivity (Wildman–Crippen MR) is 83.5 cm³/mol. The van der Waals surface area contributed by atoms with Crippen LogP contribution in [0.2, 0.25) is 0 Å². The van der Waals surface area contributed by atoms with Crippen molar-refractivity contribution in [3.63, 3.8) is 0 Å². The van der Waals surface area contributed by atoms with E-state index in [0.29, 0.717) is 12.1 Å². The summed E-state index contributed by atoms with van der Waals surface area (Å²) in [5.74, 6) is 0. The number of hydrogen-bond acceptors (Lipinski definition) is 3. The van der Waals surface area contributed by atoms with Gasteiger partial charge in [-0.05, 0) is 67.2 Å². The molecule has 1 N–H and O–H groups in total. The van der Waals surface area contributed by atoms with E-state index in [4.69, 9.17) is 4.74 Å². The first kappa shape index (κ1) is 16.2. The lowest BCUT2D eigenvalue weighted by Gasteiger charge is -2.19. The molecular weight excluding hydrogens is 310 g/mol. The largest absolute Gasteiger partial charge is 0.382 e. The second-order valence-electron chi connectivity index (χ2n) is 4.68. The fraction of sp³-hybridized carbons (Fsp3) is 0.714. The SMILES string of the molecule is CCCNC(CCC(C)OC)Cc1ccc(Br)s1. The van der Waals surface area contributed by atoms with Crippen molar-refractivity contribution in [2.24, 2.45) is 0 Å². The highest BCUT2D eigenvalue weighted by Gasteiger charge is 2.12. The number of hydrogen-bond donors (Lipinski definition) is 1. The van der Waals surface area contributed by atoms with E-state index in [1.165, 1.54) is 21.5 Å². The summed E-state index contributed by atoms with van der Waals surface area (Å²) >= 11 is 5.36. The monoisotopic (exact) mass is 333 g/mol. The summed E-state index contributed by atoms with van der Waals surface area (Å²) in [4.78, 5) is 1.44. The number of ether oxygens (including phenoxy) is 1. The molecule has 0 spiro atoms. The molecule has 0 bridgehead atoms. The molecule has 2 unspecified atom stereocenters. The van der Waals surface area contributed by atoms with Gasteiger partial charge in [0.05, 0.1) is 9.89 Å². The van der Waals surface area contributed by atoms with Crippen molar-refractivity contribution in [1.29, 1.82) is 0 Å². The maximum absolute atomic E-state index is 5.33. The third kappa shape index (κ3) is 6.32. The number of thiophene rings is 1. The highest BCUT2D eigenvalue weighted by atomic mass is 79.9. The molecule has 18 heavy (non-hydrogen) atoms. The van der Waals surface area contributed by atoms with E-state index in [1.807, 2.05) is 11.3 Å². The molecule has 1 aromatic heterocycles. The minimum absolute atomic E-state index is 0.353. The molecule has 0 aromatic carbocycles. The Labute approximate surface area is 123 Å². The van der Waals surface area contributed by atoms with Crippen LogP contribution < -0.4 is 5.32 Å². The van der Waals surface area contributed by atoms with Gasteiger partial charge in [0.25, 0.3) is 0 Å². The van der Waals surface area contributed by atoms with Crippen LogP contribution in [0.3, 0.4) is 0 Å². The first-order chi connectivity index (χ1) is 8.65. The molecule has 2 atom stereocenters. The van der Waals surface area contributed by atoms with E-state index in [-0.39, 0.29) is 0 Å². The Morgan fingerprint density at radius 2 is 2.17 bits per heavy atom. The van der Waals surface area contributed by atoms with Crippen LogP contribution in [0.25, 0.3) is 0 Å². The zero-order chi connectivity index (χ0) is 13.4. The van der Waals surface area contributed by atoms with Crippen LogP contribution in [-0.4, -0.2) is 25.8 Å². The first-order valence-electron chi connectivity index (χ1n) is 6.66. The van der Waals surface area contributed by atoms with Crippen molar-refractivity contribution in [3.8, 4) is 0 Å². The van der Waals surface area contributed by atoms with E-state index in [1.54, 1.807) is 7.11 Å². The quantitative estimate of drug-likeness (QED) is 0.729. The van der Waals surface area contributed by atoms with Crippen LogP contribution in [-0.2, 0) is 11.2 Å². The molecular formula is C14H24BrNOS. The van der Waals surface area contributed by atoms with Gasteiger partial charge in [0.1, 0.15) is 0 Å². The summed E-state index contributed by atoms with van der Waals surface area (Å²) < 4.78 is 6.55. The van der Waals surface area contributed by atoms with E-state index in [9.17, 15) is 0 Å². The fourth-order valence-electron chi connectivity index (χ4n) is 1.88. The van der Waals surface area contributed by atoms with Crippen LogP contribution in [0, 0.1) is 0 Å². The van der Waals surface area contributed by atoms with Gasteiger partial charge in [0, 0.05) is 18.0 Å². The number of methoxy groups -OCH3 is 1. The average Bonchev–Trinajstić information content (AvgIpc) is 2.77. The highest BCUT2D eigenvalue weighted by Crippen LogP contribution is 2.24. The standard InChI is InChI=1S/C14H24BrNOS/c1-4-9-16-12(6-5-11(2)17-3)10-13-7-8-14(15)18-13/h7-8,11-12,16H,4-6,9-10H2,1-3H3. The van der Waals surface area contributed by atoms with Gasteiger partial charge >= 0.3 is 0 Å². The summed E-state index contributed by atoms with van der Waals surface area (Å²) in [6.07, 6.45) is 4.94. The minimum atomic E-state index is 0.353. The molecule has 0 amide bonds. The van der Waals surface area contributed by atoms with Gasteiger partial charge in [0.2, 0.25) is 0 Å². The maximum Gasteiger partial charge on any atom is 0.0701 e. The second kappa shape index (κ2) is 9.08. The van der Waals surface area contributed by atoms with E-state index in [0.717, 1.165) is 19.4 Å².